The fraction of sp³-hybridized carbons (Fsp3) is 0.394. The summed E-state index contributed by atoms with van der Waals surface area (Å²) >= 11 is 0. The molecule has 0 aromatic heterocycles. The maximum atomic E-state index is 10.5. The Kier molecular flexibility index (Phi) is 10.0. The van der Waals surface area contributed by atoms with Crippen LogP contribution in [0.15, 0.2) is 79.0 Å². The molecule has 36 heavy (non-hydrogen) atoms. The van der Waals surface area contributed by atoms with E-state index in [1.165, 1.54) is 11.3 Å². The van der Waals surface area contributed by atoms with Gasteiger partial charge in [-0.05, 0) is 105 Å². The van der Waals surface area contributed by atoms with Crippen molar-refractivity contribution in [2.75, 3.05) is 10.2 Å². The maximum absolute atomic E-state index is 10.5. The zero-order valence-electron chi connectivity index (χ0n) is 22.8. The minimum absolute atomic E-state index is 0.354. The Balaban J connectivity index is 1.76. The molecule has 0 aliphatic heterocycles. The Bertz CT molecular complexity index is 1100. The van der Waals surface area contributed by atoms with Crippen molar-refractivity contribution in [1.29, 1.82) is 0 Å². The molecule has 0 saturated heterocycles. The van der Waals surface area contributed by atoms with Crippen LogP contribution < -0.4 is 10.2 Å². The Morgan fingerprint density at radius 3 is 2.25 bits per heavy atom. The van der Waals surface area contributed by atoms with E-state index in [-0.39, 0.29) is 0 Å². The average molecular weight is 485 g/mol. The van der Waals surface area contributed by atoms with E-state index in [1.54, 1.807) is 0 Å². The molecule has 0 aliphatic rings. The Morgan fingerprint density at radius 1 is 0.944 bits per heavy atom. The van der Waals surface area contributed by atoms with Crippen molar-refractivity contribution in [1.82, 2.24) is 0 Å². The number of para-hydroxylation sites is 1. The fourth-order valence-electron chi connectivity index (χ4n) is 4.97. The largest absolute Gasteiger partial charge is 0.507 e. The van der Waals surface area contributed by atoms with Crippen molar-refractivity contribution < 1.29 is 5.11 Å². The van der Waals surface area contributed by atoms with E-state index in [0.717, 1.165) is 66.7 Å². The molecular formula is C33H44N2O. The number of anilines is 3. The number of hydrogen-bond donors (Lipinski definition) is 2. The molecule has 1 atom stereocenters. The number of hydrogen-bond acceptors (Lipinski definition) is 3. The van der Waals surface area contributed by atoms with E-state index in [4.69, 9.17) is 0 Å². The molecular weight excluding hydrogens is 440 g/mol. The van der Waals surface area contributed by atoms with E-state index >= 15 is 0 Å². The van der Waals surface area contributed by atoms with Gasteiger partial charge in [0.2, 0.25) is 0 Å². The monoisotopic (exact) mass is 484 g/mol. The molecule has 3 rings (SSSR count). The van der Waals surface area contributed by atoms with Gasteiger partial charge in [0.15, 0.2) is 0 Å². The molecule has 3 aromatic carbocycles. The molecule has 0 aliphatic carbocycles. The second-order valence-corrected chi connectivity index (χ2v) is 10.5. The van der Waals surface area contributed by atoms with Crippen LogP contribution in [0.3, 0.4) is 0 Å². The molecule has 0 amide bonds. The highest BCUT2D eigenvalue weighted by molar-refractivity contribution is 5.64. The van der Waals surface area contributed by atoms with Gasteiger partial charge in [-0.1, -0.05) is 64.1 Å². The van der Waals surface area contributed by atoms with E-state index in [2.05, 4.69) is 93.0 Å². The maximum Gasteiger partial charge on any atom is 0.121 e. The third-order valence-electron chi connectivity index (χ3n) is 6.74. The summed E-state index contributed by atoms with van der Waals surface area (Å²) in [4.78, 5) is 2.41. The van der Waals surface area contributed by atoms with Crippen molar-refractivity contribution in [2.24, 2.45) is 5.92 Å². The van der Waals surface area contributed by atoms with Crippen LogP contribution in [0.4, 0.5) is 17.1 Å². The SMILES string of the molecule is C=C(CCc1cc(C)c(O)c(CCCC)c1)N(c1ccc(Nc2ccccc2)cc1)C(C)CC(C)C. The van der Waals surface area contributed by atoms with Gasteiger partial charge in [0, 0.05) is 28.8 Å². The van der Waals surface area contributed by atoms with Crippen molar-refractivity contribution in [2.45, 2.75) is 79.2 Å². The molecule has 3 heteroatoms. The molecule has 192 valence electrons. The molecule has 2 N–H and O–H groups in total. The first-order valence-corrected chi connectivity index (χ1v) is 13.5. The van der Waals surface area contributed by atoms with E-state index in [9.17, 15) is 5.11 Å². The standard InChI is InChI=1S/C33H44N2O/c1-7-8-12-29-23-28(22-25(4)33(29)36)16-15-26(5)35(27(6)21-24(2)3)32-19-17-31(18-20-32)34-30-13-10-9-11-14-30/h9-11,13-14,17-20,22-24,27,34,36H,5,7-8,12,15-16,21H2,1-4,6H3. The lowest BCUT2D eigenvalue weighted by Gasteiger charge is -2.34. The summed E-state index contributed by atoms with van der Waals surface area (Å²) < 4.78 is 0. The van der Waals surface area contributed by atoms with Gasteiger partial charge in [-0.2, -0.15) is 0 Å². The van der Waals surface area contributed by atoms with Gasteiger partial charge in [0.25, 0.3) is 0 Å². The topological polar surface area (TPSA) is 35.5 Å². The summed E-state index contributed by atoms with van der Waals surface area (Å²) in [5.41, 5.74) is 7.79. The van der Waals surface area contributed by atoms with Crippen LogP contribution in [-0.4, -0.2) is 11.1 Å². The summed E-state index contributed by atoms with van der Waals surface area (Å²) in [7, 11) is 0. The third kappa shape index (κ3) is 7.65. The highest BCUT2D eigenvalue weighted by Gasteiger charge is 2.19. The summed E-state index contributed by atoms with van der Waals surface area (Å²) in [5, 5.41) is 14.0. The third-order valence-corrected chi connectivity index (χ3v) is 6.74. The number of nitrogens with one attached hydrogen (secondary N) is 1. The Morgan fingerprint density at radius 2 is 1.61 bits per heavy atom. The predicted octanol–water partition coefficient (Wildman–Crippen LogP) is 9.17. The predicted molar refractivity (Wildman–Crippen MR) is 156 cm³/mol. The zero-order valence-corrected chi connectivity index (χ0v) is 22.8. The van der Waals surface area contributed by atoms with Crippen LogP contribution >= 0.6 is 0 Å². The molecule has 0 fully saturated rings. The lowest BCUT2D eigenvalue weighted by molar-refractivity contribution is 0.462. The molecule has 0 bridgehead atoms. The summed E-state index contributed by atoms with van der Waals surface area (Å²) in [6.45, 7) is 15.6. The Hall–Kier alpha value is -3.20. The van der Waals surface area contributed by atoms with Crippen molar-refractivity contribution in [3.05, 3.63) is 95.7 Å². The van der Waals surface area contributed by atoms with Gasteiger partial charge in [-0.3, -0.25) is 0 Å². The highest BCUT2D eigenvalue weighted by Crippen LogP contribution is 2.31. The number of nitrogens with zero attached hydrogens (tertiary/aromatic N) is 1. The number of aromatic hydroxyl groups is 1. The lowest BCUT2D eigenvalue weighted by Crippen LogP contribution is -2.33. The number of unbranched alkanes of at least 4 members (excludes halogenated alkanes) is 1. The van der Waals surface area contributed by atoms with Crippen LogP contribution in [0, 0.1) is 12.8 Å². The van der Waals surface area contributed by atoms with Gasteiger partial charge < -0.3 is 15.3 Å². The first kappa shape index (κ1) is 27.4. The molecule has 1 unspecified atom stereocenters. The first-order valence-electron chi connectivity index (χ1n) is 13.5. The molecule has 0 radical (unpaired) electrons. The van der Waals surface area contributed by atoms with E-state index in [0.29, 0.717) is 17.7 Å². The normalized spacial score (nSPS) is 11.9. The quantitative estimate of drug-likeness (QED) is 0.254. The van der Waals surface area contributed by atoms with Crippen LogP contribution in [0.5, 0.6) is 5.75 Å². The van der Waals surface area contributed by atoms with Crippen molar-refractivity contribution >= 4 is 17.1 Å². The fourth-order valence-corrected chi connectivity index (χ4v) is 4.97. The first-order chi connectivity index (χ1) is 17.3. The second-order valence-electron chi connectivity index (χ2n) is 10.5. The van der Waals surface area contributed by atoms with E-state index < -0.39 is 0 Å². The van der Waals surface area contributed by atoms with Gasteiger partial charge in [0.1, 0.15) is 5.75 Å². The summed E-state index contributed by atoms with van der Waals surface area (Å²) in [6.07, 6.45) is 6.05. The minimum atomic E-state index is 0.354. The number of phenolic OH excluding ortho intramolecular Hbond substituents is 1. The number of allylic oxidation sites excluding steroid dienone is 1. The molecule has 3 aromatic rings. The molecule has 0 heterocycles. The Labute approximate surface area is 218 Å². The zero-order chi connectivity index (χ0) is 26.1. The van der Waals surface area contributed by atoms with E-state index in [1.807, 2.05) is 25.1 Å². The van der Waals surface area contributed by atoms with Gasteiger partial charge in [-0.25, -0.2) is 0 Å². The number of aryl methyl sites for hydroxylation is 3. The van der Waals surface area contributed by atoms with Crippen molar-refractivity contribution in [3.63, 3.8) is 0 Å². The van der Waals surface area contributed by atoms with Gasteiger partial charge in [0.05, 0.1) is 0 Å². The van der Waals surface area contributed by atoms with Crippen molar-refractivity contribution in [3.8, 4) is 5.75 Å². The van der Waals surface area contributed by atoms with Gasteiger partial charge >= 0.3 is 0 Å². The summed E-state index contributed by atoms with van der Waals surface area (Å²) in [6, 6.07) is 23.6. The van der Waals surface area contributed by atoms with Crippen LogP contribution in [-0.2, 0) is 12.8 Å². The molecule has 0 spiro atoms. The minimum Gasteiger partial charge on any atom is -0.507 e. The van der Waals surface area contributed by atoms with Gasteiger partial charge in [-0.15, -0.1) is 0 Å². The van der Waals surface area contributed by atoms with Crippen LogP contribution in [0.2, 0.25) is 0 Å². The van der Waals surface area contributed by atoms with Crippen LogP contribution in [0.25, 0.3) is 0 Å². The second kappa shape index (κ2) is 13.2. The average Bonchev–Trinajstić information content (AvgIpc) is 2.85. The van der Waals surface area contributed by atoms with Crippen LogP contribution in [0.1, 0.15) is 70.1 Å². The summed E-state index contributed by atoms with van der Waals surface area (Å²) in [5.74, 6) is 1.07. The lowest BCUT2D eigenvalue weighted by atomic mass is 9.97. The molecule has 0 saturated carbocycles. The number of benzene rings is 3. The molecule has 3 nitrogen and oxygen atoms in total. The highest BCUT2D eigenvalue weighted by atomic mass is 16.3. The number of phenols is 1. The smallest absolute Gasteiger partial charge is 0.121 e. The number of rotatable bonds is 13.